The maximum absolute atomic E-state index is 11.0. The summed E-state index contributed by atoms with van der Waals surface area (Å²) in [6, 6.07) is 10.8. The van der Waals surface area contributed by atoms with E-state index in [0.717, 1.165) is 26.1 Å². The predicted octanol–water partition coefficient (Wildman–Crippen LogP) is 0.972. The van der Waals surface area contributed by atoms with E-state index in [0.29, 0.717) is 18.5 Å². The van der Waals surface area contributed by atoms with Crippen LogP contribution in [0.3, 0.4) is 0 Å². The zero-order valence-corrected chi connectivity index (χ0v) is 11.5. The molecule has 4 heteroatoms. The Balaban J connectivity index is 1.84. The first-order valence-corrected chi connectivity index (χ1v) is 6.91. The number of amides is 1. The van der Waals surface area contributed by atoms with Crippen molar-refractivity contribution in [1.82, 2.24) is 10.2 Å². The second-order valence-electron chi connectivity index (χ2n) is 5.56. The highest BCUT2D eigenvalue weighted by Gasteiger charge is 2.24. The highest BCUT2D eigenvalue weighted by Crippen LogP contribution is 2.16. The lowest BCUT2D eigenvalue weighted by molar-refractivity contribution is -0.119. The highest BCUT2D eigenvalue weighted by atomic mass is 16.1. The molecular weight excluding hydrogens is 238 g/mol. The number of piperidine rings is 1. The van der Waals surface area contributed by atoms with Gasteiger partial charge in [-0.15, -0.1) is 0 Å². The first kappa shape index (κ1) is 14.0. The summed E-state index contributed by atoms with van der Waals surface area (Å²) in [5, 5.41) is 3.58. The number of hydrogen-bond donors (Lipinski definition) is 2. The van der Waals surface area contributed by atoms with Crippen molar-refractivity contribution in [2.24, 2.45) is 11.7 Å². The number of carbonyl (C=O) groups is 1. The maximum Gasteiger partial charge on any atom is 0.231 e. The molecule has 2 unspecified atom stereocenters. The third-order valence-electron chi connectivity index (χ3n) is 3.55. The van der Waals surface area contributed by atoms with E-state index in [2.05, 4.69) is 41.4 Å². The van der Waals surface area contributed by atoms with Gasteiger partial charge in [0.25, 0.3) is 0 Å². The number of nitrogens with two attached hydrogens (primary N) is 1. The van der Waals surface area contributed by atoms with E-state index in [9.17, 15) is 4.79 Å². The monoisotopic (exact) mass is 261 g/mol. The minimum Gasteiger partial charge on any atom is -0.369 e. The second-order valence-corrected chi connectivity index (χ2v) is 5.56. The maximum atomic E-state index is 11.0. The summed E-state index contributed by atoms with van der Waals surface area (Å²) in [4.78, 5) is 13.2. The summed E-state index contributed by atoms with van der Waals surface area (Å²) in [6.45, 7) is 5.34. The van der Waals surface area contributed by atoms with Crippen molar-refractivity contribution in [1.29, 1.82) is 0 Å². The van der Waals surface area contributed by atoms with E-state index >= 15 is 0 Å². The molecule has 2 rings (SSSR count). The summed E-state index contributed by atoms with van der Waals surface area (Å²) in [5.74, 6) is 0.359. The van der Waals surface area contributed by atoms with Crippen LogP contribution in [0.5, 0.6) is 0 Å². The smallest absolute Gasteiger partial charge is 0.231 e. The Labute approximate surface area is 115 Å². The fraction of sp³-hybridized carbons (Fsp3) is 0.533. The predicted molar refractivity (Wildman–Crippen MR) is 76.5 cm³/mol. The van der Waals surface area contributed by atoms with Crippen molar-refractivity contribution in [3.8, 4) is 0 Å². The first-order chi connectivity index (χ1) is 9.13. The van der Waals surface area contributed by atoms with Crippen LogP contribution < -0.4 is 11.1 Å². The van der Waals surface area contributed by atoms with Crippen LogP contribution in [0.1, 0.15) is 18.9 Å². The fourth-order valence-electron chi connectivity index (χ4n) is 2.82. The minimum absolute atomic E-state index is 0.240. The number of rotatable bonds is 5. The molecule has 1 aliphatic heterocycles. The fourth-order valence-corrected chi connectivity index (χ4v) is 2.82. The Hall–Kier alpha value is -1.39. The van der Waals surface area contributed by atoms with E-state index in [1.807, 2.05) is 6.07 Å². The Morgan fingerprint density at radius 1 is 1.37 bits per heavy atom. The molecule has 0 spiro atoms. The molecule has 0 aliphatic carbocycles. The summed E-state index contributed by atoms with van der Waals surface area (Å²) in [7, 11) is 0. The molecule has 2 atom stereocenters. The Kier molecular flexibility index (Phi) is 4.93. The van der Waals surface area contributed by atoms with Crippen LogP contribution in [0, 0.1) is 5.92 Å². The summed E-state index contributed by atoms with van der Waals surface area (Å²) >= 11 is 0. The summed E-state index contributed by atoms with van der Waals surface area (Å²) in [6.07, 6.45) is 1.15. The van der Waals surface area contributed by atoms with Crippen molar-refractivity contribution in [2.45, 2.75) is 25.9 Å². The quantitative estimate of drug-likeness (QED) is 0.830. The molecule has 1 aliphatic rings. The SMILES string of the molecule is CC1CC(NCc2ccccc2)CN(CC(N)=O)C1. The topological polar surface area (TPSA) is 58.4 Å². The molecule has 0 aromatic heterocycles. The molecule has 19 heavy (non-hydrogen) atoms. The molecule has 3 N–H and O–H groups in total. The van der Waals surface area contributed by atoms with Crippen LogP contribution in [0.2, 0.25) is 0 Å². The van der Waals surface area contributed by atoms with Gasteiger partial charge in [-0.2, -0.15) is 0 Å². The lowest BCUT2D eigenvalue weighted by atomic mass is 9.95. The number of hydrogen-bond acceptors (Lipinski definition) is 3. The van der Waals surface area contributed by atoms with Gasteiger partial charge in [-0.25, -0.2) is 0 Å². The molecule has 104 valence electrons. The van der Waals surface area contributed by atoms with Crippen LogP contribution in [0.25, 0.3) is 0 Å². The van der Waals surface area contributed by atoms with Gasteiger partial charge in [-0.1, -0.05) is 37.3 Å². The third-order valence-corrected chi connectivity index (χ3v) is 3.55. The van der Waals surface area contributed by atoms with E-state index in [1.165, 1.54) is 5.56 Å². The zero-order chi connectivity index (χ0) is 13.7. The van der Waals surface area contributed by atoms with Crippen molar-refractivity contribution < 1.29 is 4.79 Å². The van der Waals surface area contributed by atoms with Crippen LogP contribution in [-0.4, -0.2) is 36.5 Å². The number of primary amides is 1. The lowest BCUT2D eigenvalue weighted by Crippen LogP contribution is -2.50. The van der Waals surface area contributed by atoms with Gasteiger partial charge in [-0.3, -0.25) is 9.69 Å². The van der Waals surface area contributed by atoms with Gasteiger partial charge < -0.3 is 11.1 Å². The van der Waals surface area contributed by atoms with Crippen LogP contribution in [-0.2, 0) is 11.3 Å². The van der Waals surface area contributed by atoms with Gasteiger partial charge in [0.15, 0.2) is 0 Å². The van der Waals surface area contributed by atoms with Crippen molar-refractivity contribution in [3.05, 3.63) is 35.9 Å². The Bertz CT molecular complexity index is 407. The largest absolute Gasteiger partial charge is 0.369 e. The van der Waals surface area contributed by atoms with Gasteiger partial charge in [0, 0.05) is 25.7 Å². The molecule has 4 nitrogen and oxygen atoms in total. The molecule has 1 amide bonds. The number of carbonyl (C=O) groups excluding carboxylic acids is 1. The molecule has 0 radical (unpaired) electrons. The molecule has 1 heterocycles. The molecule has 1 aromatic carbocycles. The first-order valence-electron chi connectivity index (χ1n) is 6.91. The highest BCUT2D eigenvalue weighted by molar-refractivity contribution is 5.75. The molecule has 1 aromatic rings. The van der Waals surface area contributed by atoms with Crippen LogP contribution >= 0.6 is 0 Å². The zero-order valence-electron chi connectivity index (χ0n) is 11.5. The molecule has 0 bridgehead atoms. The van der Waals surface area contributed by atoms with Crippen molar-refractivity contribution >= 4 is 5.91 Å². The van der Waals surface area contributed by atoms with Gasteiger partial charge in [0.05, 0.1) is 6.54 Å². The average molecular weight is 261 g/mol. The van der Waals surface area contributed by atoms with Crippen LogP contribution in [0.15, 0.2) is 30.3 Å². The molecule has 1 saturated heterocycles. The van der Waals surface area contributed by atoms with E-state index in [-0.39, 0.29) is 5.91 Å². The second kappa shape index (κ2) is 6.68. The van der Waals surface area contributed by atoms with Crippen molar-refractivity contribution in [2.75, 3.05) is 19.6 Å². The third kappa shape index (κ3) is 4.65. The summed E-state index contributed by atoms with van der Waals surface area (Å²) < 4.78 is 0. The number of likely N-dealkylation sites (tertiary alicyclic amines) is 1. The molecule has 1 fully saturated rings. The normalized spacial score (nSPS) is 24.3. The molecular formula is C15H23N3O. The van der Waals surface area contributed by atoms with E-state index in [4.69, 9.17) is 5.73 Å². The number of nitrogens with zero attached hydrogens (tertiary/aromatic N) is 1. The average Bonchev–Trinajstić information content (AvgIpc) is 2.36. The van der Waals surface area contributed by atoms with Gasteiger partial charge in [-0.05, 0) is 17.9 Å². The van der Waals surface area contributed by atoms with E-state index < -0.39 is 0 Å². The Morgan fingerprint density at radius 3 is 2.79 bits per heavy atom. The minimum atomic E-state index is -0.240. The van der Waals surface area contributed by atoms with E-state index in [1.54, 1.807) is 0 Å². The Morgan fingerprint density at radius 2 is 2.11 bits per heavy atom. The number of nitrogens with one attached hydrogen (secondary N) is 1. The molecule has 0 saturated carbocycles. The summed E-state index contributed by atoms with van der Waals surface area (Å²) in [5.41, 5.74) is 6.57. The standard InChI is InChI=1S/C15H23N3O/c1-12-7-14(10-18(9-12)11-15(16)19)17-8-13-5-3-2-4-6-13/h2-6,12,14,17H,7-11H2,1H3,(H2,16,19). The van der Waals surface area contributed by atoms with Gasteiger partial charge >= 0.3 is 0 Å². The van der Waals surface area contributed by atoms with Crippen molar-refractivity contribution in [3.63, 3.8) is 0 Å². The van der Waals surface area contributed by atoms with Gasteiger partial charge in [0.2, 0.25) is 5.91 Å². The van der Waals surface area contributed by atoms with Gasteiger partial charge in [0.1, 0.15) is 0 Å². The lowest BCUT2D eigenvalue weighted by Gasteiger charge is -2.36. The number of benzene rings is 1. The van der Waals surface area contributed by atoms with Crippen LogP contribution in [0.4, 0.5) is 0 Å².